The molecule has 0 aromatic heterocycles. The third-order valence-corrected chi connectivity index (χ3v) is 2.91. The van der Waals surface area contributed by atoms with Gasteiger partial charge in [-0.25, -0.2) is 0 Å². The summed E-state index contributed by atoms with van der Waals surface area (Å²) in [6.07, 6.45) is 2.74. The van der Waals surface area contributed by atoms with E-state index in [9.17, 15) is 4.79 Å². The van der Waals surface area contributed by atoms with Gasteiger partial charge in [0.05, 0.1) is 0 Å². The molecule has 10 heavy (non-hydrogen) atoms. The lowest BCUT2D eigenvalue weighted by atomic mass is 9.95. The molecule has 0 aromatic rings. The molecule has 0 aromatic carbocycles. The van der Waals surface area contributed by atoms with Crippen molar-refractivity contribution in [3.05, 3.63) is 0 Å². The van der Waals surface area contributed by atoms with Crippen LogP contribution in [0.4, 0.5) is 0 Å². The van der Waals surface area contributed by atoms with Crippen LogP contribution in [0.3, 0.4) is 0 Å². The number of carboxylic acids is 1. The van der Waals surface area contributed by atoms with Gasteiger partial charge in [-0.15, -0.1) is 0 Å². The molecule has 2 aliphatic carbocycles. The monoisotopic (exact) mass is 141 g/mol. The smallest absolute Gasteiger partial charge is 0.323 e. The average molecular weight is 141 g/mol. The number of carboxylic acid groups (broad SMARTS) is 1. The molecule has 0 radical (unpaired) electrons. The minimum Gasteiger partial charge on any atom is -0.480 e. The Bertz CT molecular complexity index is 192. The van der Waals surface area contributed by atoms with E-state index in [0.29, 0.717) is 18.3 Å². The summed E-state index contributed by atoms with van der Waals surface area (Å²) in [6.45, 7) is 0. The van der Waals surface area contributed by atoms with Crippen molar-refractivity contribution >= 4 is 5.97 Å². The zero-order chi connectivity index (χ0) is 7.35. The Morgan fingerprint density at radius 1 is 1.70 bits per heavy atom. The number of fused-ring (bicyclic) bond motifs is 1. The lowest BCUT2D eigenvalue weighted by Crippen LogP contribution is -2.48. The molecule has 0 amide bonds. The molecule has 0 aliphatic heterocycles. The minimum atomic E-state index is -0.856. The van der Waals surface area contributed by atoms with Gasteiger partial charge in [-0.3, -0.25) is 4.79 Å². The highest BCUT2D eigenvalue weighted by Gasteiger charge is 2.59. The van der Waals surface area contributed by atoms with Crippen LogP contribution in [0.5, 0.6) is 0 Å². The van der Waals surface area contributed by atoms with E-state index in [0.717, 1.165) is 12.8 Å². The van der Waals surface area contributed by atoms with Crippen molar-refractivity contribution in [2.75, 3.05) is 0 Å². The summed E-state index contributed by atoms with van der Waals surface area (Å²) in [5.41, 5.74) is 4.83. The van der Waals surface area contributed by atoms with Crippen molar-refractivity contribution in [1.82, 2.24) is 0 Å². The number of hydrogen-bond donors (Lipinski definition) is 2. The molecule has 2 fully saturated rings. The fraction of sp³-hybridized carbons (Fsp3) is 0.857. The van der Waals surface area contributed by atoms with Gasteiger partial charge in [-0.05, 0) is 31.1 Å². The molecule has 0 heterocycles. The third kappa shape index (κ3) is 0.560. The molecule has 56 valence electrons. The van der Waals surface area contributed by atoms with Crippen LogP contribution in [0.25, 0.3) is 0 Å². The fourth-order valence-electron chi connectivity index (χ4n) is 2.07. The van der Waals surface area contributed by atoms with Gasteiger partial charge in [0.25, 0.3) is 0 Å². The van der Waals surface area contributed by atoms with E-state index in [1.54, 1.807) is 0 Å². The minimum absolute atomic E-state index is 0.296. The van der Waals surface area contributed by atoms with Crippen LogP contribution in [-0.4, -0.2) is 16.6 Å². The van der Waals surface area contributed by atoms with Gasteiger partial charge in [0.1, 0.15) is 5.54 Å². The van der Waals surface area contributed by atoms with Crippen molar-refractivity contribution < 1.29 is 9.90 Å². The third-order valence-electron chi connectivity index (χ3n) is 2.91. The van der Waals surface area contributed by atoms with E-state index >= 15 is 0 Å². The summed E-state index contributed by atoms with van der Waals surface area (Å²) in [5.74, 6) is 0.128. The van der Waals surface area contributed by atoms with E-state index in [-0.39, 0.29) is 0 Å². The average Bonchev–Trinajstić information content (AvgIpc) is 2.56. The van der Waals surface area contributed by atoms with E-state index in [4.69, 9.17) is 10.8 Å². The predicted octanol–water partition coefficient (Wildman–Crippen LogP) is 0.198. The summed E-state index contributed by atoms with van der Waals surface area (Å²) in [6, 6.07) is 0. The first-order chi connectivity index (χ1) is 4.64. The van der Waals surface area contributed by atoms with Crippen molar-refractivity contribution in [3.8, 4) is 0 Å². The maximum Gasteiger partial charge on any atom is 0.323 e. The zero-order valence-corrected chi connectivity index (χ0v) is 5.71. The first-order valence-electron chi connectivity index (χ1n) is 3.67. The molecular weight excluding hydrogens is 130 g/mol. The number of nitrogens with two attached hydrogens (primary N) is 1. The number of hydrogen-bond acceptors (Lipinski definition) is 2. The van der Waals surface area contributed by atoms with Crippen molar-refractivity contribution in [3.63, 3.8) is 0 Å². The van der Waals surface area contributed by atoms with Gasteiger partial charge in [0.15, 0.2) is 0 Å². The zero-order valence-electron chi connectivity index (χ0n) is 5.71. The standard InChI is InChI=1S/C7H11NO2/c8-7(6(9)10)2-1-4-3-5(4)7/h4-5H,1-3,8H2,(H,9,10)/t4-,5+,7-/m0/s1. The quantitative estimate of drug-likeness (QED) is 0.548. The molecule has 3 N–H and O–H groups in total. The van der Waals surface area contributed by atoms with Crippen LogP contribution in [-0.2, 0) is 4.79 Å². The second-order valence-corrected chi connectivity index (χ2v) is 3.49. The van der Waals surface area contributed by atoms with Gasteiger partial charge in [-0.1, -0.05) is 0 Å². The second-order valence-electron chi connectivity index (χ2n) is 3.49. The Morgan fingerprint density at radius 2 is 2.40 bits per heavy atom. The molecular formula is C7H11NO2. The Labute approximate surface area is 59.2 Å². The second kappa shape index (κ2) is 1.53. The lowest BCUT2D eigenvalue weighted by Gasteiger charge is -2.19. The Balaban J connectivity index is 2.21. The molecule has 0 bridgehead atoms. The van der Waals surface area contributed by atoms with Gasteiger partial charge >= 0.3 is 5.97 Å². The van der Waals surface area contributed by atoms with Crippen LogP contribution in [0, 0.1) is 11.8 Å². The summed E-state index contributed by atoms with van der Waals surface area (Å²) in [5, 5.41) is 8.74. The number of rotatable bonds is 1. The van der Waals surface area contributed by atoms with Crippen LogP contribution in [0.2, 0.25) is 0 Å². The van der Waals surface area contributed by atoms with Crippen LogP contribution in [0.1, 0.15) is 19.3 Å². The maximum absolute atomic E-state index is 10.6. The Morgan fingerprint density at radius 3 is 2.60 bits per heavy atom. The molecule has 2 rings (SSSR count). The highest BCUT2D eigenvalue weighted by atomic mass is 16.4. The molecule has 3 atom stereocenters. The highest BCUT2D eigenvalue weighted by Crippen LogP contribution is 2.56. The van der Waals surface area contributed by atoms with E-state index in [1.165, 1.54) is 0 Å². The normalized spacial score (nSPS) is 50.5. The molecule has 0 spiro atoms. The van der Waals surface area contributed by atoms with Gasteiger partial charge in [0.2, 0.25) is 0 Å². The Hall–Kier alpha value is -0.570. The largest absolute Gasteiger partial charge is 0.480 e. The topological polar surface area (TPSA) is 63.3 Å². The lowest BCUT2D eigenvalue weighted by molar-refractivity contribution is -0.143. The van der Waals surface area contributed by atoms with Crippen molar-refractivity contribution in [2.24, 2.45) is 17.6 Å². The summed E-state index contributed by atoms with van der Waals surface area (Å²) in [4.78, 5) is 10.6. The predicted molar refractivity (Wildman–Crippen MR) is 35.4 cm³/mol. The van der Waals surface area contributed by atoms with Gasteiger partial charge in [-0.2, -0.15) is 0 Å². The Kier molecular flexibility index (Phi) is 0.944. The van der Waals surface area contributed by atoms with Crippen LogP contribution >= 0.6 is 0 Å². The molecule has 3 nitrogen and oxygen atoms in total. The van der Waals surface area contributed by atoms with Crippen molar-refractivity contribution in [1.29, 1.82) is 0 Å². The fourth-order valence-corrected chi connectivity index (χ4v) is 2.07. The van der Waals surface area contributed by atoms with E-state index in [1.807, 2.05) is 0 Å². The first kappa shape index (κ1) is 6.16. The number of aliphatic carboxylic acids is 1. The van der Waals surface area contributed by atoms with E-state index < -0.39 is 11.5 Å². The van der Waals surface area contributed by atoms with Gasteiger partial charge < -0.3 is 10.8 Å². The molecule has 3 heteroatoms. The summed E-state index contributed by atoms with van der Waals surface area (Å²) in [7, 11) is 0. The SMILES string of the molecule is N[C@@]1(C(=O)O)CC[C@H]2C[C@H]21. The molecule has 2 aliphatic rings. The summed E-state index contributed by atoms with van der Waals surface area (Å²) < 4.78 is 0. The van der Waals surface area contributed by atoms with Crippen LogP contribution in [0.15, 0.2) is 0 Å². The highest BCUT2D eigenvalue weighted by molar-refractivity contribution is 5.80. The van der Waals surface area contributed by atoms with Crippen LogP contribution < -0.4 is 5.73 Å². The summed E-state index contributed by atoms with van der Waals surface area (Å²) >= 11 is 0. The molecule has 0 saturated heterocycles. The van der Waals surface area contributed by atoms with E-state index in [2.05, 4.69) is 0 Å². The first-order valence-corrected chi connectivity index (χ1v) is 3.67. The van der Waals surface area contributed by atoms with Gasteiger partial charge in [0, 0.05) is 0 Å². The molecule has 0 unspecified atom stereocenters. The number of carbonyl (C=O) groups is 1. The maximum atomic E-state index is 10.6. The van der Waals surface area contributed by atoms with Crippen molar-refractivity contribution in [2.45, 2.75) is 24.8 Å². The molecule has 2 saturated carbocycles.